The van der Waals surface area contributed by atoms with Crippen molar-refractivity contribution in [2.75, 3.05) is 26.2 Å². The molecule has 26 heavy (non-hydrogen) atoms. The average Bonchev–Trinajstić information content (AvgIpc) is 2.95. The Labute approximate surface area is 155 Å². The van der Waals surface area contributed by atoms with Gasteiger partial charge < -0.3 is 14.2 Å². The minimum absolute atomic E-state index is 0.321. The second kappa shape index (κ2) is 7.53. The van der Waals surface area contributed by atoms with Gasteiger partial charge in [-0.05, 0) is 42.1 Å². The Morgan fingerprint density at radius 3 is 2.35 bits per heavy atom. The minimum Gasteiger partial charge on any atom is -0.497 e. The van der Waals surface area contributed by atoms with Crippen LogP contribution in [-0.4, -0.2) is 32.5 Å². The predicted octanol–water partition coefficient (Wildman–Crippen LogP) is 3.95. The first-order valence-corrected chi connectivity index (χ1v) is 8.53. The lowest BCUT2D eigenvalue weighted by Crippen LogP contribution is -2.27. The normalized spacial score (nSPS) is 15.5. The average molecular weight is 371 g/mol. The second-order valence-electron chi connectivity index (χ2n) is 5.33. The zero-order chi connectivity index (χ0) is 18.7. The Morgan fingerprint density at radius 1 is 0.923 bits per heavy atom. The number of benzene rings is 2. The highest BCUT2D eigenvalue weighted by atomic mass is 32.2. The number of carbonyl (C=O) groups is 2. The van der Waals surface area contributed by atoms with Gasteiger partial charge in [0.2, 0.25) is 0 Å². The van der Waals surface area contributed by atoms with E-state index < -0.39 is 0 Å². The molecule has 0 N–H and O–H groups in total. The van der Waals surface area contributed by atoms with Gasteiger partial charge in [-0.15, -0.1) is 0 Å². The molecule has 1 fully saturated rings. The largest absolute Gasteiger partial charge is 0.497 e. The van der Waals surface area contributed by atoms with Gasteiger partial charge in [-0.3, -0.25) is 9.59 Å². The molecule has 0 radical (unpaired) electrons. The Morgan fingerprint density at radius 2 is 1.65 bits per heavy atom. The van der Waals surface area contributed by atoms with Gasteiger partial charge in [0.1, 0.15) is 17.2 Å². The molecule has 7 heteroatoms. The SMILES string of the molecule is COc1cccc(N2C(=O)S/C(=C\c3ccc(OC)cc3OC)C2=O)c1. The van der Waals surface area contributed by atoms with Gasteiger partial charge in [-0.1, -0.05) is 6.07 Å². The Hall–Kier alpha value is -2.93. The Kier molecular flexibility index (Phi) is 5.18. The summed E-state index contributed by atoms with van der Waals surface area (Å²) in [4.78, 5) is 26.6. The van der Waals surface area contributed by atoms with E-state index in [1.807, 2.05) is 0 Å². The highest BCUT2D eigenvalue weighted by molar-refractivity contribution is 8.19. The van der Waals surface area contributed by atoms with Crippen molar-refractivity contribution >= 4 is 34.7 Å². The molecule has 3 rings (SSSR count). The first-order valence-electron chi connectivity index (χ1n) is 7.71. The van der Waals surface area contributed by atoms with Crippen molar-refractivity contribution in [2.24, 2.45) is 0 Å². The number of imide groups is 1. The van der Waals surface area contributed by atoms with Crippen LogP contribution in [0.15, 0.2) is 47.4 Å². The number of rotatable bonds is 5. The van der Waals surface area contributed by atoms with Gasteiger partial charge in [0.15, 0.2) is 0 Å². The molecule has 0 bridgehead atoms. The molecule has 1 saturated heterocycles. The lowest BCUT2D eigenvalue weighted by Gasteiger charge is -2.13. The highest BCUT2D eigenvalue weighted by Gasteiger charge is 2.36. The van der Waals surface area contributed by atoms with Crippen LogP contribution in [0.1, 0.15) is 5.56 Å². The minimum atomic E-state index is -0.383. The van der Waals surface area contributed by atoms with Gasteiger partial charge >= 0.3 is 0 Å². The quantitative estimate of drug-likeness (QED) is 0.742. The van der Waals surface area contributed by atoms with Crippen molar-refractivity contribution in [3.8, 4) is 17.2 Å². The van der Waals surface area contributed by atoms with E-state index in [1.165, 1.54) is 14.2 Å². The monoisotopic (exact) mass is 371 g/mol. The Balaban J connectivity index is 1.95. The van der Waals surface area contributed by atoms with Crippen molar-refractivity contribution in [1.29, 1.82) is 0 Å². The summed E-state index contributed by atoms with van der Waals surface area (Å²) in [6.07, 6.45) is 1.64. The lowest BCUT2D eigenvalue weighted by molar-refractivity contribution is -0.113. The van der Waals surface area contributed by atoms with E-state index in [9.17, 15) is 9.59 Å². The lowest BCUT2D eigenvalue weighted by atomic mass is 10.1. The summed E-state index contributed by atoms with van der Waals surface area (Å²) in [5, 5.41) is -0.359. The van der Waals surface area contributed by atoms with Gasteiger partial charge in [-0.2, -0.15) is 0 Å². The van der Waals surface area contributed by atoms with Crippen molar-refractivity contribution in [1.82, 2.24) is 0 Å². The molecule has 0 aromatic heterocycles. The van der Waals surface area contributed by atoms with Crippen molar-refractivity contribution in [3.63, 3.8) is 0 Å². The molecule has 0 saturated carbocycles. The maximum atomic E-state index is 12.8. The smallest absolute Gasteiger partial charge is 0.298 e. The second-order valence-corrected chi connectivity index (χ2v) is 6.32. The molecular formula is C19H17NO5S. The maximum absolute atomic E-state index is 12.8. The number of anilines is 1. The third-order valence-electron chi connectivity index (χ3n) is 3.83. The molecule has 134 valence electrons. The van der Waals surface area contributed by atoms with E-state index in [4.69, 9.17) is 14.2 Å². The molecule has 0 aliphatic carbocycles. The first kappa shape index (κ1) is 17.9. The van der Waals surface area contributed by atoms with Crippen LogP contribution in [0, 0.1) is 0 Å². The summed E-state index contributed by atoms with van der Waals surface area (Å²) in [6.45, 7) is 0. The zero-order valence-electron chi connectivity index (χ0n) is 14.5. The molecular weight excluding hydrogens is 354 g/mol. The van der Waals surface area contributed by atoms with Crippen molar-refractivity contribution in [3.05, 3.63) is 52.9 Å². The summed E-state index contributed by atoms with van der Waals surface area (Å²) in [5.74, 6) is 1.38. The Bertz CT molecular complexity index is 893. The third kappa shape index (κ3) is 3.39. The van der Waals surface area contributed by atoms with Gasteiger partial charge in [0, 0.05) is 17.7 Å². The molecule has 1 aliphatic rings. The fourth-order valence-corrected chi connectivity index (χ4v) is 3.35. The standard InChI is InChI=1S/C19H17NO5S/c1-23-14-6-4-5-13(10-14)20-18(21)17(26-19(20)22)9-12-7-8-15(24-2)11-16(12)25-3/h4-11H,1-3H3/b17-9-. The van der Waals surface area contributed by atoms with Crippen molar-refractivity contribution < 1.29 is 23.8 Å². The predicted molar refractivity (Wildman–Crippen MR) is 101 cm³/mol. The number of ether oxygens (including phenoxy) is 3. The topological polar surface area (TPSA) is 65.1 Å². The number of nitrogens with zero attached hydrogens (tertiary/aromatic N) is 1. The van der Waals surface area contributed by atoms with Crippen LogP contribution in [-0.2, 0) is 4.79 Å². The molecule has 1 heterocycles. The molecule has 0 spiro atoms. The number of thioether (sulfide) groups is 1. The summed E-state index contributed by atoms with van der Waals surface area (Å²) < 4.78 is 15.7. The van der Waals surface area contributed by atoms with E-state index in [0.717, 1.165) is 16.7 Å². The maximum Gasteiger partial charge on any atom is 0.298 e. The van der Waals surface area contributed by atoms with Crippen LogP contribution in [0.4, 0.5) is 10.5 Å². The highest BCUT2D eigenvalue weighted by Crippen LogP contribution is 2.38. The van der Waals surface area contributed by atoms with E-state index in [0.29, 0.717) is 33.4 Å². The number of carbonyl (C=O) groups excluding carboxylic acids is 2. The van der Waals surface area contributed by atoms with Crippen LogP contribution >= 0.6 is 11.8 Å². The fraction of sp³-hybridized carbons (Fsp3) is 0.158. The molecule has 2 aromatic carbocycles. The molecule has 1 aliphatic heterocycles. The van der Waals surface area contributed by atoms with E-state index >= 15 is 0 Å². The van der Waals surface area contributed by atoms with E-state index in [-0.39, 0.29) is 11.1 Å². The van der Waals surface area contributed by atoms with Crippen LogP contribution in [0.25, 0.3) is 6.08 Å². The van der Waals surface area contributed by atoms with Gasteiger partial charge in [0.25, 0.3) is 11.1 Å². The van der Waals surface area contributed by atoms with Gasteiger partial charge in [0.05, 0.1) is 31.9 Å². The third-order valence-corrected chi connectivity index (χ3v) is 4.70. The summed E-state index contributed by atoms with van der Waals surface area (Å²) in [5.41, 5.74) is 1.15. The van der Waals surface area contributed by atoms with Crippen LogP contribution in [0.5, 0.6) is 17.2 Å². The molecule has 6 nitrogen and oxygen atoms in total. The molecule has 2 amide bonds. The van der Waals surface area contributed by atoms with Gasteiger partial charge in [-0.25, -0.2) is 4.90 Å². The van der Waals surface area contributed by atoms with E-state index in [1.54, 1.807) is 55.7 Å². The molecule has 0 atom stereocenters. The molecule has 2 aromatic rings. The zero-order valence-corrected chi connectivity index (χ0v) is 15.3. The van der Waals surface area contributed by atoms with E-state index in [2.05, 4.69) is 0 Å². The van der Waals surface area contributed by atoms with Crippen LogP contribution in [0.3, 0.4) is 0 Å². The molecule has 0 unspecified atom stereocenters. The number of methoxy groups -OCH3 is 3. The van der Waals surface area contributed by atoms with Crippen LogP contribution in [0.2, 0.25) is 0 Å². The number of hydrogen-bond donors (Lipinski definition) is 0. The fourth-order valence-electron chi connectivity index (χ4n) is 2.52. The number of hydrogen-bond acceptors (Lipinski definition) is 6. The van der Waals surface area contributed by atoms with Crippen molar-refractivity contribution in [2.45, 2.75) is 0 Å². The van der Waals surface area contributed by atoms with Crippen LogP contribution < -0.4 is 19.1 Å². The summed E-state index contributed by atoms with van der Waals surface area (Å²) in [6, 6.07) is 12.1. The number of amides is 2. The first-order chi connectivity index (χ1) is 12.6. The summed E-state index contributed by atoms with van der Waals surface area (Å²) >= 11 is 0.885. The summed E-state index contributed by atoms with van der Waals surface area (Å²) in [7, 11) is 4.63.